The molecule has 1 amide bonds. The molecule has 6 nitrogen and oxygen atoms in total. The lowest BCUT2D eigenvalue weighted by Gasteiger charge is -2.27. The van der Waals surface area contributed by atoms with Crippen molar-refractivity contribution in [3.05, 3.63) is 65.5 Å². The SMILES string of the molecule is CC(C)S(=O)(=O)c1ccc(C(=O)NC(C)(C(=O)O)c2ccc(F)cc2)cc1. The molecule has 1 atom stereocenters. The Morgan fingerprint density at radius 3 is 2.00 bits per heavy atom. The molecule has 0 saturated carbocycles. The number of nitrogens with one attached hydrogen (secondary N) is 1. The maximum Gasteiger partial charge on any atom is 0.333 e. The predicted molar refractivity (Wildman–Crippen MR) is 97.6 cm³/mol. The Hall–Kier alpha value is -2.74. The van der Waals surface area contributed by atoms with Crippen molar-refractivity contribution in [1.82, 2.24) is 5.32 Å². The van der Waals surface area contributed by atoms with E-state index in [1.807, 2.05) is 0 Å². The summed E-state index contributed by atoms with van der Waals surface area (Å²) in [7, 11) is -3.48. The van der Waals surface area contributed by atoms with Crippen LogP contribution in [-0.2, 0) is 20.2 Å². The Kier molecular flexibility index (Phi) is 5.70. The Bertz CT molecular complexity index is 953. The molecular weight excluding hydrogens is 373 g/mol. The van der Waals surface area contributed by atoms with Gasteiger partial charge in [-0.2, -0.15) is 0 Å². The highest BCUT2D eigenvalue weighted by molar-refractivity contribution is 7.92. The third kappa shape index (κ3) is 4.16. The van der Waals surface area contributed by atoms with E-state index in [0.29, 0.717) is 0 Å². The lowest BCUT2D eigenvalue weighted by molar-refractivity contribution is -0.144. The zero-order valence-electron chi connectivity index (χ0n) is 15.1. The number of hydrogen-bond donors (Lipinski definition) is 2. The van der Waals surface area contributed by atoms with Crippen LogP contribution in [-0.4, -0.2) is 30.7 Å². The minimum atomic E-state index is -3.48. The second-order valence-corrected chi connectivity index (χ2v) is 9.01. The number of halogens is 1. The van der Waals surface area contributed by atoms with Crippen molar-refractivity contribution in [3.63, 3.8) is 0 Å². The molecule has 0 saturated heterocycles. The minimum absolute atomic E-state index is 0.0774. The number of sulfone groups is 1. The number of aliphatic carboxylic acids is 1. The smallest absolute Gasteiger partial charge is 0.333 e. The number of benzene rings is 2. The molecule has 1 unspecified atom stereocenters. The number of carbonyl (C=O) groups excluding carboxylic acids is 1. The van der Waals surface area contributed by atoms with Crippen LogP contribution in [0.1, 0.15) is 36.7 Å². The maximum absolute atomic E-state index is 13.1. The normalized spacial score (nSPS) is 13.8. The van der Waals surface area contributed by atoms with Gasteiger partial charge in [0, 0.05) is 5.56 Å². The van der Waals surface area contributed by atoms with Gasteiger partial charge in [0.2, 0.25) is 0 Å². The van der Waals surface area contributed by atoms with Crippen molar-refractivity contribution in [2.24, 2.45) is 0 Å². The van der Waals surface area contributed by atoms with Gasteiger partial charge in [-0.25, -0.2) is 17.6 Å². The van der Waals surface area contributed by atoms with Crippen molar-refractivity contribution in [3.8, 4) is 0 Å². The van der Waals surface area contributed by atoms with Gasteiger partial charge in [0.1, 0.15) is 5.82 Å². The first kappa shape index (κ1) is 20.6. The van der Waals surface area contributed by atoms with E-state index in [1.165, 1.54) is 43.3 Å². The van der Waals surface area contributed by atoms with E-state index in [1.54, 1.807) is 13.8 Å². The topological polar surface area (TPSA) is 101 Å². The van der Waals surface area contributed by atoms with Gasteiger partial charge in [-0.15, -0.1) is 0 Å². The molecule has 0 aromatic heterocycles. The molecule has 8 heteroatoms. The van der Waals surface area contributed by atoms with Gasteiger partial charge in [-0.05, 0) is 62.7 Å². The van der Waals surface area contributed by atoms with E-state index in [4.69, 9.17) is 0 Å². The van der Waals surface area contributed by atoms with Crippen molar-refractivity contribution in [1.29, 1.82) is 0 Å². The molecule has 0 heterocycles. The van der Waals surface area contributed by atoms with E-state index in [0.717, 1.165) is 12.1 Å². The summed E-state index contributed by atoms with van der Waals surface area (Å²) in [6.07, 6.45) is 0. The van der Waals surface area contributed by atoms with E-state index in [9.17, 15) is 27.5 Å². The van der Waals surface area contributed by atoms with Crippen molar-refractivity contribution in [2.75, 3.05) is 0 Å². The zero-order chi connectivity index (χ0) is 20.4. The van der Waals surface area contributed by atoms with Crippen LogP contribution in [0.25, 0.3) is 0 Å². The summed E-state index contributed by atoms with van der Waals surface area (Å²) in [5.74, 6) is -2.54. The van der Waals surface area contributed by atoms with Gasteiger partial charge in [0.25, 0.3) is 5.91 Å². The fourth-order valence-electron chi connectivity index (χ4n) is 2.40. The molecular formula is C19H20FNO5S. The second-order valence-electron chi connectivity index (χ2n) is 6.51. The van der Waals surface area contributed by atoms with Crippen LogP contribution in [0.3, 0.4) is 0 Å². The third-order valence-corrected chi connectivity index (χ3v) is 6.45. The Balaban J connectivity index is 2.31. The van der Waals surface area contributed by atoms with Crippen LogP contribution in [0.4, 0.5) is 4.39 Å². The van der Waals surface area contributed by atoms with E-state index >= 15 is 0 Å². The average molecular weight is 393 g/mol. The number of hydrogen-bond acceptors (Lipinski definition) is 4. The predicted octanol–water partition coefficient (Wildman–Crippen LogP) is 2.74. The molecule has 2 aromatic rings. The Labute approximate surface area is 157 Å². The quantitative estimate of drug-likeness (QED) is 0.786. The molecule has 0 aliphatic carbocycles. The van der Waals surface area contributed by atoms with Gasteiger partial charge in [-0.3, -0.25) is 4.79 Å². The molecule has 2 N–H and O–H groups in total. The molecule has 27 heavy (non-hydrogen) atoms. The van der Waals surface area contributed by atoms with Gasteiger partial charge in [0.05, 0.1) is 10.1 Å². The van der Waals surface area contributed by atoms with Crippen molar-refractivity contribution >= 4 is 21.7 Å². The van der Waals surface area contributed by atoms with Crippen molar-refractivity contribution < 1.29 is 27.5 Å². The molecule has 0 fully saturated rings. The summed E-state index contributed by atoms with van der Waals surface area (Å²) in [6.45, 7) is 4.39. The summed E-state index contributed by atoms with van der Waals surface area (Å²) in [5.41, 5.74) is -1.48. The molecule has 2 rings (SSSR count). The highest BCUT2D eigenvalue weighted by atomic mass is 32.2. The number of carboxylic acids is 1. The van der Waals surface area contributed by atoms with Crippen molar-refractivity contribution in [2.45, 2.75) is 36.5 Å². The van der Waals surface area contributed by atoms with E-state index in [-0.39, 0.29) is 16.0 Å². The van der Waals surface area contributed by atoms with Crippen LogP contribution >= 0.6 is 0 Å². The van der Waals surface area contributed by atoms with Crippen LogP contribution in [0.5, 0.6) is 0 Å². The first-order valence-electron chi connectivity index (χ1n) is 8.14. The largest absolute Gasteiger partial charge is 0.479 e. The maximum atomic E-state index is 13.1. The van der Waals surface area contributed by atoms with Crippen LogP contribution in [0, 0.1) is 5.82 Å². The van der Waals surface area contributed by atoms with E-state index in [2.05, 4.69) is 5.32 Å². The molecule has 0 aliphatic rings. The summed E-state index contributed by atoms with van der Waals surface area (Å²) in [5, 5.41) is 11.4. The van der Waals surface area contributed by atoms with Gasteiger partial charge in [-0.1, -0.05) is 12.1 Å². The molecule has 144 valence electrons. The molecule has 2 aromatic carbocycles. The fourth-order valence-corrected chi connectivity index (χ4v) is 3.46. The summed E-state index contributed by atoms with van der Waals surface area (Å²) in [6, 6.07) is 10.0. The standard InChI is InChI=1S/C19H20FNO5S/c1-12(2)27(25,26)16-10-4-13(5-11-16)17(22)21-19(3,18(23)24)14-6-8-15(20)9-7-14/h4-12H,1-3H3,(H,21,22)(H,23,24). The van der Waals surface area contributed by atoms with E-state index < -0.39 is 38.3 Å². The first-order valence-corrected chi connectivity index (χ1v) is 9.69. The monoisotopic (exact) mass is 393 g/mol. The van der Waals surface area contributed by atoms with Crippen LogP contribution in [0.15, 0.2) is 53.4 Å². The lowest BCUT2D eigenvalue weighted by atomic mass is 9.91. The lowest BCUT2D eigenvalue weighted by Crippen LogP contribution is -2.49. The highest BCUT2D eigenvalue weighted by Crippen LogP contribution is 2.23. The van der Waals surface area contributed by atoms with Gasteiger partial charge in [0.15, 0.2) is 15.4 Å². The molecule has 0 bridgehead atoms. The minimum Gasteiger partial charge on any atom is -0.479 e. The number of amides is 1. The summed E-state index contributed by atoms with van der Waals surface area (Å²) in [4.78, 5) is 24.3. The first-order chi connectivity index (χ1) is 12.5. The Morgan fingerprint density at radius 1 is 1.04 bits per heavy atom. The average Bonchev–Trinajstić information content (AvgIpc) is 2.61. The number of rotatable bonds is 6. The molecule has 0 aliphatic heterocycles. The fraction of sp³-hybridized carbons (Fsp3) is 0.263. The van der Waals surface area contributed by atoms with Crippen LogP contribution < -0.4 is 5.32 Å². The molecule has 0 radical (unpaired) electrons. The number of carboxylic acid groups (broad SMARTS) is 1. The second kappa shape index (κ2) is 7.48. The summed E-state index contributed by atoms with van der Waals surface area (Å²) >= 11 is 0. The Morgan fingerprint density at radius 2 is 1.56 bits per heavy atom. The molecule has 0 spiro atoms. The number of carbonyl (C=O) groups is 2. The highest BCUT2D eigenvalue weighted by Gasteiger charge is 2.37. The van der Waals surface area contributed by atoms with Gasteiger partial charge >= 0.3 is 5.97 Å². The zero-order valence-corrected chi connectivity index (χ0v) is 15.9. The van der Waals surface area contributed by atoms with Crippen LogP contribution in [0.2, 0.25) is 0 Å². The van der Waals surface area contributed by atoms with Gasteiger partial charge < -0.3 is 10.4 Å². The summed E-state index contributed by atoms with van der Waals surface area (Å²) < 4.78 is 37.4. The third-order valence-electron chi connectivity index (χ3n) is 4.28.